The average Bonchev–Trinajstić information content (AvgIpc) is 2.39. The Labute approximate surface area is 113 Å². The molecule has 1 heterocycles. The van der Waals surface area contributed by atoms with E-state index in [4.69, 9.17) is 5.11 Å². The Bertz CT molecular complexity index is 446. The summed E-state index contributed by atoms with van der Waals surface area (Å²) in [6, 6.07) is 2.89. The molecule has 5 heteroatoms. The number of nitrogens with zero attached hydrogens (tertiary/aromatic N) is 1. The maximum atomic E-state index is 11.9. The Balaban J connectivity index is 2.57. The van der Waals surface area contributed by atoms with Gasteiger partial charge in [-0.05, 0) is 25.5 Å². The van der Waals surface area contributed by atoms with Crippen LogP contribution in [0.15, 0.2) is 18.3 Å². The summed E-state index contributed by atoms with van der Waals surface area (Å²) in [5, 5.41) is 11.7. The molecule has 0 aromatic carbocycles. The summed E-state index contributed by atoms with van der Waals surface area (Å²) in [7, 11) is 0. The van der Waals surface area contributed by atoms with E-state index < -0.39 is 5.97 Å². The van der Waals surface area contributed by atoms with Gasteiger partial charge in [-0.1, -0.05) is 26.2 Å². The molecule has 0 saturated heterocycles. The van der Waals surface area contributed by atoms with Gasteiger partial charge in [0.2, 0.25) is 0 Å². The van der Waals surface area contributed by atoms with Crippen LogP contribution in [0.3, 0.4) is 0 Å². The van der Waals surface area contributed by atoms with Crippen molar-refractivity contribution < 1.29 is 14.7 Å². The number of carbonyl (C=O) groups excluding carboxylic acids is 1. The van der Waals surface area contributed by atoms with E-state index in [9.17, 15) is 9.59 Å². The van der Waals surface area contributed by atoms with Crippen LogP contribution >= 0.6 is 0 Å². The number of rotatable bonds is 7. The second kappa shape index (κ2) is 7.51. The molecule has 0 aliphatic carbocycles. The molecule has 2 N–H and O–H groups in total. The lowest BCUT2D eigenvalue weighted by Gasteiger charge is -2.13. The average molecular weight is 264 g/mol. The number of hydrogen-bond acceptors (Lipinski definition) is 3. The largest absolute Gasteiger partial charge is 0.477 e. The molecule has 1 unspecified atom stereocenters. The van der Waals surface area contributed by atoms with Crippen molar-refractivity contribution in [1.82, 2.24) is 10.3 Å². The monoisotopic (exact) mass is 264 g/mol. The van der Waals surface area contributed by atoms with E-state index >= 15 is 0 Å². The Morgan fingerprint density at radius 2 is 2.16 bits per heavy atom. The van der Waals surface area contributed by atoms with E-state index in [0.29, 0.717) is 5.56 Å². The molecule has 1 amide bonds. The Hall–Kier alpha value is -1.91. The van der Waals surface area contributed by atoms with Gasteiger partial charge in [0.1, 0.15) is 5.69 Å². The molecule has 104 valence electrons. The number of carboxylic acids is 1. The van der Waals surface area contributed by atoms with Gasteiger partial charge in [-0.15, -0.1) is 0 Å². The predicted molar refractivity (Wildman–Crippen MR) is 72.3 cm³/mol. The highest BCUT2D eigenvalue weighted by molar-refractivity contribution is 5.96. The smallest absolute Gasteiger partial charge is 0.354 e. The maximum Gasteiger partial charge on any atom is 0.354 e. The van der Waals surface area contributed by atoms with E-state index in [1.165, 1.54) is 18.3 Å². The van der Waals surface area contributed by atoms with Crippen molar-refractivity contribution in [2.45, 2.75) is 45.6 Å². The molecule has 0 aliphatic heterocycles. The van der Waals surface area contributed by atoms with E-state index in [1.54, 1.807) is 0 Å². The van der Waals surface area contributed by atoms with Crippen LogP contribution in [0, 0.1) is 0 Å². The van der Waals surface area contributed by atoms with Gasteiger partial charge in [-0.2, -0.15) is 0 Å². The Kier molecular flexibility index (Phi) is 5.99. The van der Waals surface area contributed by atoms with E-state index in [2.05, 4.69) is 17.2 Å². The van der Waals surface area contributed by atoms with Crippen molar-refractivity contribution in [3.05, 3.63) is 29.6 Å². The van der Waals surface area contributed by atoms with Gasteiger partial charge in [0.15, 0.2) is 0 Å². The van der Waals surface area contributed by atoms with Crippen LogP contribution in [-0.4, -0.2) is 28.0 Å². The third-order valence-corrected chi connectivity index (χ3v) is 2.86. The van der Waals surface area contributed by atoms with Gasteiger partial charge >= 0.3 is 5.97 Å². The summed E-state index contributed by atoms with van der Waals surface area (Å²) in [4.78, 5) is 26.4. The minimum absolute atomic E-state index is 0.0838. The number of aromatic nitrogens is 1. The molecule has 0 saturated carbocycles. The Morgan fingerprint density at radius 1 is 1.42 bits per heavy atom. The minimum Gasteiger partial charge on any atom is -0.477 e. The molecule has 1 rings (SSSR count). The third kappa shape index (κ3) is 5.07. The molecule has 5 nitrogen and oxygen atoms in total. The number of carbonyl (C=O) groups is 2. The zero-order valence-electron chi connectivity index (χ0n) is 11.3. The lowest BCUT2D eigenvalue weighted by atomic mass is 10.1. The number of carboxylic acid groups (broad SMARTS) is 1. The summed E-state index contributed by atoms with van der Waals surface area (Å²) in [6.45, 7) is 4.08. The van der Waals surface area contributed by atoms with Crippen molar-refractivity contribution in [2.24, 2.45) is 0 Å². The molecule has 19 heavy (non-hydrogen) atoms. The molecule has 0 spiro atoms. The van der Waals surface area contributed by atoms with Gasteiger partial charge in [0, 0.05) is 17.8 Å². The number of hydrogen-bond donors (Lipinski definition) is 2. The van der Waals surface area contributed by atoms with Crippen LogP contribution in [0.1, 0.15) is 60.4 Å². The number of nitrogens with one attached hydrogen (secondary N) is 1. The predicted octanol–water partition coefficient (Wildman–Crippen LogP) is 2.48. The number of pyridine rings is 1. The van der Waals surface area contributed by atoms with Gasteiger partial charge in [0.05, 0.1) is 0 Å². The van der Waals surface area contributed by atoms with Crippen LogP contribution in [0.4, 0.5) is 0 Å². The molecule has 0 fully saturated rings. The SMILES string of the molecule is CCCCCC(C)NC(=O)c1ccnc(C(=O)O)c1. The van der Waals surface area contributed by atoms with Crippen LogP contribution in [-0.2, 0) is 0 Å². The molecule has 0 bridgehead atoms. The summed E-state index contributed by atoms with van der Waals surface area (Å²) in [6.07, 6.45) is 5.64. The van der Waals surface area contributed by atoms with Crippen LogP contribution in [0.25, 0.3) is 0 Å². The summed E-state index contributed by atoms with van der Waals surface area (Å²) < 4.78 is 0. The molecular weight excluding hydrogens is 244 g/mol. The summed E-state index contributed by atoms with van der Waals surface area (Å²) in [5.74, 6) is -1.39. The fraction of sp³-hybridized carbons (Fsp3) is 0.500. The van der Waals surface area contributed by atoms with Crippen LogP contribution in [0.2, 0.25) is 0 Å². The highest BCUT2D eigenvalue weighted by Gasteiger charge is 2.12. The highest BCUT2D eigenvalue weighted by atomic mass is 16.4. The number of aromatic carboxylic acids is 1. The molecule has 0 radical (unpaired) electrons. The first-order valence-electron chi connectivity index (χ1n) is 6.54. The minimum atomic E-state index is -1.13. The van der Waals surface area contributed by atoms with Crippen molar-refractivity contribution >= 4 is 11.9 Å². The second-order valence-electron chi connectivity index (χ2n) is 4.61. The number of unbranched alkanes of at least 4 members (excludes halogenated alkanes) is 2. The van der Waals surface area contributed by atoms with E-state index in [0.717, 1.165) is 25.7 Å². The molecular formula is C14H20N2O3. The Morgan fingerprint density at radius 3 is 2.79 bits per heavy atom. The first-order valence-corrected chi connectivity index (χ1v) is 6.54. The first-order chi connectivity index (χ1) is 9.04. The zero-order valence-corrected chi connectivity index (χ0v) is 11.3. The quantitative estimate of drug-likeness (QED) is 0.741. The lowest BCUT2D eigenvalue weighted by molar-refractivity contribution is 0.0690. The molecule has 0 aliphatic rings. The molecule has 1 atom stereocenters. The zero-order chi connectivity index (χ0) is 14.3. The van der Waals surface area contributed by atoms with E-state index in [1.807, 2.05) is 6.92 Å². The van der Waals surface area contributed by atoms with Gasteiger partial charge < -0.3 is 10.4 Å². The fourth-order valence-corrected chi connectivity index (χ4v) is 1.77. The van der Waals surface area contributed by atoms with Gasteiger partial charge in [0.25, 0.3) is 5.91 Å². The lowest BCUT2D eigenvalue weighted by Crippen LogP contribution is -2.32. The summed E-state index contributed by atoms with van der Waals surface area (Å²) in [5.41, 5.74) is 0.209. The summed E-state index contributed by atoms with van der Waals surface area (Å²) >= 11 is 0. The normalized spacial score (nSPS) is 11.9. The van der Waals surface area contributed by atoms with Gasteiger partial charge in [-0.25, -0.2) is 9.78 Å². The molecule has 1 aromatic rings. The van der Waals surface area contributed by atoms with Crippen LogP contribution in [0.5, 0.6) is 0 Å². The topological polar surface area (TPSA) is 79.3 Å². The van der Waals surface area contributed by atoms with Crippen molar-refractivity contribution in [3.8, 4) is 0 Å². The van der Waals surface area contributed by atoms with Crippen molar-refractivity contribution in [3.63, 3.8) is 0 Å². The second-order valence-corrected chi connectivity index (χ2v) is 4.61. The van der Waals surface area contributed by atoms with Crippen molar-refractivity contribution in [1.29, 1.82) is 0 Å². The van der Waals surface area contributed by atoms with E-state index in [-0.39, 0.29) is 17.6 Å². The van der Waals surface area contributed by atoms with Gasteiger partial charge in [-0.3, -0.25) is 4.79 Å². The first kappa shape index (κ1) is 15.1. The van der Waals surface area contributed by atoms with Crippen LogP contribution < -0.4 is 5.32 Å². The number of amides is 1. The molecule has 1 aromatic heterocycles. The standard InChI is InChI=1S/C14H20N2O3/c1-3-4-5-6-10(2)16-13(17)11-7-8-15-12(9-11)14(18)19/h7-10H,3-6H2,1-2H3,(H,16,17)(H,18,19). The third-order valence-electron chi connectivity index (χ3n) is 2.86. The highest BCUT2D eigenvalue weighted by Crippen LogP contribution is 2.06. The fourth-order valence-electron chi connectivity index (χ4n) is 1.77. The van der Waals surface area contributed by atoms with Crippen molar-refractivity contribution in [2.75, 3.05) is 0 Å². The maximum absolute atomic E-state index is 11.9.